The lowest BCUT2D eigenvalue weighted by Crippen LogP contribution is -2.27. The van der Waals surface area contributed by atoms with Crippen molar-refractivity contribution in [3.05, 3.63) is 27.2 Å². The van der Waals surface area contributed by atoms with Crippen LogP contribution in [0.2, 0.25) is 0 Å². The molecule has 0 saturated heterocycles. The number of hydrogen-bond acceptors (Lipinski definition) is 4. The Hall–Kier alpha value is -1.14. The minimum Gasteiger partial charge on any atom is -0.333 e. The van der Waals surface area contributed by atoms with E-state index in [1.54, 1.807) is 0 Å². The zero-order chi connectivity index (χ0) is 12.8. The maximum absolute atomic E-state index is 5.38. The van der Waals surface area contributed by atoms with E-state index < -0.39 is 0 Å². The minimum atomic E-state index is 0.575. The fourth-order valence-corrected chi connectivity index (χ4v) is 3.46. The van der Waals surface area contributed by atoms with Crippen molar-refractivity contribution in [2.75, 3.05) is 4.90 Å². The molecule has 2 aromatic rings. The smallest absolute Gasteiger partial charge is 0.226 e. The quantitative estimate of drug-likeness (QED) is 0.857. The molecule has 100 valence electrons. The van der Waals surface area contributed by atoms with Gasteiger partial charge in [0.1, 0.15) is 0 Å². The van der Waals surface area contributed by atoms with Crippen LogP contribution in [0.4, 0.5) is 5.95 Å². The van der Waals surface area contributed by atoms with Crippen LogP contribution >= 0.6 is 23.6 Å². The lowest BCUT2D eigenvalue weighted by Gasteiger charge is -2.23. The van der Waals surface area contributed by atoms with Gasteiger partial charge < -0.3 is 4.90 Å². The van der Waals surface area contributed by atoms with E-state index in [4.69, 9.17) is 12.2 Å². The summed E-state index contributed by atoms with van der Waals surface area (Å²) in [7, 11) is 0. The molecule has 0 bridgehead atoms. The first-order valence-corrected chi connectivity index (χ1v) is 8.07. The third-order valence-corrected chi connectivity index (χ3v) is 4.90. The highest BCUT2D eigenvalue weighted by Gasteiger charge is 2.35. The van der Waals surface area contributed by atoms with Crippen LogP contribution in [0.15, 0.2) is 17.5 Å². The molecule has 2 aliphatic carbocycles. The molecule has 19 heavy (non-hydrogen) atoms. The number of hydrogen-bond donors (Lipinski definition) is 1. The Bertz CT molecular complexity index is 619. The zero-order valence-corrected chi connectivity index (χ0v) is 12.2. The fourth-order valence-electron chi connectivity index (χ4n) is 2.48. The van der Waals surface area contributed by atoms with Crippen molar-refractivity contribution in [1.82, 2.24) is 14.8 Å². The number of aromatic nitrogens is 3. The molecule has 0 amide bonds. The molecule has 0 unspecified atom stereocenters. The molecule has 2 saturated carbocycles. The van der Waals surface area contributed by atoms with Crippen LogP contribution in [0.3, 0.4) is 0 Å². The molecule has 4 nitrogen and oxygen atoms in total. The maximum Gasteiger partial charge on any atom is 0.226 e. The highest BCUT2D eigenvalue weighted by molar-refractivity contribution is 7.71. The summed E-state index contributed by atoms with van der Waals surface area (Å²) >= 11 is 7.20. The van der Waals surface area contributed by atoms with Crippen molar-refractivity contribution in [1.29, 1.82) is 0 Å². The third-order valence-electron chi connectivity index (χ3n) is 3.75. The highest BCUT2D eigenvalue weighted by atomic mass is 32.1. The maximum atomic E-state index is 5.38. The molecule has 1 N–H and O–H groups in total. The van der Waals surface area contributed by atoms with Gasteiger partial charge in [0, 0.05) is 17.0 Å². The van der Waals surface area contributed by atoms with Crippen molar-refractivity contribution in [3.8, 4) is 0 Å². The molecular weight excluding hydrogens is 276 g/mol. The minimum absolute atomic E-state index is 0.575. The Morgan fingerprint density at radius 1 is 1.42 bits per heavy atom. The summed E-state index contributed by atoms with van der Waals surface area (Å²) in [6, 6.07) is 5.53. The first-order chi connectivity index (χ1) is 9.33. The summed E-state index contributed by atoms with van der Waals surface area (Å²) in [5.41, 5.74) is 0. The molecule has 0 atom stereocenters. The Kier molecular flexibility index (Phi) is 2.73. The van der Waals surface area contributed by atoms with E-state index in [-0.39, 0.29) is 0 Å². The molecule has 2 aromatic heterocycles. The van der Waals surface area contributed by atoms with E-state index in [1.165, 1.54) is 30.6 Å². The van der Waals surface area contributed by atoms with E-state index in [2.05, 4.69) is 37.2 Å². The summed E-state index contributed by atoms with van der Waals surface area (Å²) in [5.74, 6) is 1.04. The topological polar surface area (TPSA) is 36.9 Å². The third kappa shape index (κ3) is 2.23. The highest BCUT2D eigenvalue weighted by Crippen LogP contribution is 2.40. The normalized spacial score (nSPS) is 18.7. The molecule has 0 aliphatic heterocycles. The molecule has 0 spiro atoms. The van der Waals surface area contributed by atoms with Crippen molar-refractivity contribution < 1.29 is 0 Å². The van der Waals surface area contributed by atoms with Gasteiger partial charge in [-0.15, -0.1) is 16.4 Å². The molecule has 4 rings (SSSR count). The van der Waals surface area contributed by atoms with Gasteiger partial charge in [-0.25, -0.2) is 5.10 Å². The Balaban J connectivity index is 1.69. The number of H-pyrrole nitrogens is 1. The summed E-state index contributed by atoms with van der Waals surface area (Å²) in [6.45, 7) is 0.953. The van der Waals surface area contributed by atoms with E-state index in [1.807, 2.05) is 11.3 Å². The number of aromatic amines is 1. The van der Waals surface area contributed by atoms with Gasteiger partial charge >= 0.3 is 0 Å². The summed E-state index contributed by atoms with van der Waals surface area (Å²) in [4.78, 5) is 3.82. The fraction of sp³-hybridized carbons (Fsp3) is 0.538. The summed E-state index contributed by atoms with van der Waals surface area (Å²) in [5, 5.41) is 9.61. The van der Waals surface area contributed by atoms with Crippen molar-refractivity contribution >= 4 is 29.5 Å². The SMILES string of the molecule is S=c1[nH]nc(N(Cc2cccs2)C2CC2)n1C1CC1. The summed E-state index contributed by atoms with van der Waals surface area (Å²) in [6.07, 6.45) is 5.02. The van der Waals surface area contributed by atoms with Crippen molar-refractivity contribution in [2.45, 2.75) is 44.3 Å². The van der Waals surface area contributed by atoms with E-state index >= 15 is 0 Å². The number of thiophene rings is 1. The molecule has 2 aliphatic rings. The monoisotopic (exact) mass is 292 g/mol. The van der Waals surface area contributed by atoms with Gasteiger partial charge in [-0.05, 0) is 49.3 Å². The largest absolute Gasteiger partial charge is 0.333 e. The standard InChI is InChI=1S/C13H16N4S2/c18-13-15-14-12(17(13)10-5-6-10)16(9-3-4-9)8-11-2-1-7-19-11/h1-2,7,9-10H,3-6,8H2,(H,15,18). The molecule has 0 aromatic carbocycles. The zero-order valence-electron chi connectivity index (χ0n) is 10.6. The number of nitrogens with one attached hydrogen (secondary N) is 1. The predicted molar refractivity (Wildman–Crippen MR) is 79.2 cm³/mol. The van der Waals surface area contributed by atoms with Crippen LogP contribution in [0.5, 0.6) is 0 Å². The average Bonchev–Trinajstić information content (AvgIpc) is 3.33. The first-order valence-electron chi connectivity index (χ1n) is 6.79. The van der Waals surface area contributed by atoms with E-state index in [0.717, 1.165) is 17.3 Å². The van der Waals surface area contributed by atoms with Crippen LogP contribution in [-0.2, 0) is 6.54 Å². The molecule has 2 heterocycles. The van der Waals surface area contributed by atoms with Crippen LogP contribution < -0.4 is 4.90 Å². The molecule has 0 radical (unpaired) electrons. The number of nitrogens with zero attached hydrogens (tertiary/aromatic N) is 3. The Morgan fingerprint density at radius 3 is 2.89 bits per heavy atom. The van der Waals surface area contributed by atoms with Gasteiger partial charge in [-0.2, -0.15) is 0 Å². The van der Waals surface area contributed by atoms with E-state index in [0.29, 0.717) is 12.1 Å². The summed E-state index contributed by atoms with van der Waals surface area (Å²) < 4.78 is 3.00. The molecular formula is C13H16N4S2. The van der Waals surface area contributed by atoms with Crippen LogP contribution in [0, 0.1) is 4.77 Å². The van der Waals surface area contributed by atoms with E-state index in [9.17, 15) is 0 Å². The number of anilines is 1. The second-order valence-electron chi connectivity index (χ2n) is 5.37. The lowest BCUT2D eigenvalue weighted by atomic mass is 10.4. The van der Waals surface area contributed by atoms with Gasteiger partial charge in [0.2, 0.25) is 5.95 Å². The molecule has 6 heteroatoms. The van der Waals surface area contributed by atoms with Gasteiger partial charge in [-0.3, -0.25) is 4.57 Å². The van der Waals surface area contributed by atoms with Gasteiger partial charge in [0.25, 0.3) is 0 Å². The first kappa shape index (κ1) is 11.7. The number of rotatable bonds is 5. The average molecular weight is 292 g/mol. The second-order valence-corrected chi connectivity index (χ2v) is 6.79. The van der Waals surface area contributed by atoms with Crippen LogP contribution in [-0.4, -0.2) is 20.8 Å². The van der Waals surface area contributed by atoms with Crippen LogP contribution in [0.1, 0.15) is 36.6 Å². The van der Waals surface area contributed by atoms with Gasteiger partial charge in [0.15, 0.2) is 4.77 Å². The molecule has 2 fully saturated rings. The predicted octanol–water partition coefficient (Wildman–Crippen LogP) is 3.51. The van der Waals surface area contributed by atoms with Crippen molar-refractivity contribution in [2.24, 2.45) is 0 Å². The Morgan fingerprint density at radius 2 is 2.26 bits per heavy atom. The lowest BCUT2D eigenvalue weighted by molar-refractivity contribution is 0.671. The van der Waals surface area contributed by atoms with Gasteiger partial charge in [0.05, 0.1) is 6.54 Å². The van der Waals surface area contributed by atoms with Crippen molar-refractivity contribution in [3.63, 3.8) is 0 Å². The Labute approximate surface area is 121 Å². The van der Waals surface area contributed by atoms with Crippen LogP contribution in [0.25, 0.3) is 0 Å². The van der Waals surface area contributed by atoms with Gasteiger partial charge in [-0.1, -0.05) is 6.07 Å². The second kappa shape index (κ2) is 4.45.